The standard InChI is InChI=1S/C26H28Cl2N6O/c1-15-10-17(5-8-24(15)33-9-3-4-19(33)14-35)23-13-30-25-22(12-29)32-34(26(25)31-23)16(2)20-7-6-18(27)11-21(20)28/h5-7,11,13,15-16,19,24,35H,3-4,8-10,14H2,1-2H3/t15-,16+,19-,24?/m0/s1. The summed E-state index contributed by atoms with van der Waals surface area (Å²) < 4.78 is 1.73. The van der Waals surface area contributed by atoms with Crippen molar-refractivity contribution in [3.05, 3.63) is 57.5 Å². The molecular formula is C26H28Cl2N6O. The van der Waals surface area contributed by atoms with Crippen LogP contribution in [0, 0.1) is 17.2 Å². The number of aliphatic hydroxyl groups excluding tert-OH is 1. The lowest BCUT2D eigenvalue weighted by Crippen LogP contribution is -2.45. The van der Waals surface area contributed by atoms with Crippen LogP contribution in [0.3, 0.4) is 0 Å². The zero-order valence-corrected chi connectivity index (χ0v) is 21.3. The Morgan fingerprint density at radius 2 is 2.14 bits per heavy atom. The van der Waals surface area contributed by atoms with E-state index in [4.69, 9.17) is 28.2 Å². The molecule has 1 aliphatic heterocycles. The molecule has 4 atom stereocenters. The molecule has 0 spiro atoms. The Hall–Kier alpha value is -2.50. The smallest absolute Gasteiger partial charge is 0.190 e. The lowest BCUT2D eigenvalue weighted by molar-refractivity contribution is 0.0910. The fraction of sp³-hybridized carbons (Fsp3) is 0.462. The van der Waals surface area contributed by atoms with Crippen LogP contribution in [0.15, 0.2) is 30.5 Å². The van der Waals surface area contributed by atoms with E-state index in [0.717, 1.165) is 49.1 Å². The normalized spacial score (nSPS) is 23.9. The number of fused-ring (bicyclic) bond motifs is 1. The third kappa shape index (κ3) is 4.45. The fourth-order valence-electron chi connectivity index (χ4n) is 5.60. The number of hydrogen-bond acceptors (Lipinski definition) is 6. The highest BCUT2D eigenvalue weighted by molar-refractivity contribution is 6.35. The van der Waals surface area contributed by atoms with Gasteiger partial charge < -0.3 is 5.11 Å². The first-order chi connectivity index (χ1) is 16.9. The number of nitriles is 1. The van der Waals surface area contributed by atoms with E-state index in [1.807, 2.05) is 13.0 Å². The molecule has 1 N–H and O–H groups in total. The van der Waals surface area contributed by atoms with E-state index in [2.05, 4.69) is 34.1 Å². The molecule has 1 aromatic carbocycles. The molecule has 0 radical (unpaired) electrons. The number of halogens is 2. The Kier molecular flexibility index (Phi) is 6.82. The molecule has 3 aromatic rings. The summed E-state index contributed by atoms with van der Waals surface area (Å²) in [5.74, 6) is 0.436. The first-order valence-electron chi connectivity index (χ1n) is 12.1. The van der Waals surface area contributed by atoms with E-state index >= 15 is 0 Å². The third-order valence-electron chi connectivity index (χ3n) is 7.48. The molecule has 1 aliphatic carbocycles. The number of allylic oxidation sites excluding steroid dienone is 1. The SMILES string of the molecule is C[C@H](c1ccc(Cl)cc1Cl)n1nc(C#N)c2ncc(C3=CCC(N4CCC[C@H]4CO)[C@@H](C)C3)nc21. The van der Waals surface area contributed by atoms with E-state index in [9.17, 15) is 10.4 Å². The number of likely N-dealkylation sites (tertiary alicyclic amines) is 1. The second kappa shape index (κ2) is 9.87. The maximum absolute atomic E-state index is 9.77. The van der Waals surface area contributed by atoms with Crippen LogP contribution in [0.25, 0.3) is 16.7 Å². The minimum absolute atomic E-state index is 0.225. The Morgan fingerprint density at radius 3 is 2.86 bits per heavy atom. The van der Waals surface area contributed by atoms with Gasteiger partial charge in [0.05, 0.1) is 24.5 Å². The van der Waals surface area contributed by atoms with Gasteiger partial charge in [-0.1, -0.05) is 42.3 Å². The van der Waals surface area contributed by atoms with Crippen molar-refractivity contribution in [2.45, 2.75) is 57.7 Å². The van der Waals surface area contributed by atoms with Crippen molar-refractivity contribution in [1.82, 2.24) is 24.6 Å². The molecule has 1 saturated heterocycles. The van der Waals surface area contributed by atoms with Gasteiger partial charge in [-0.15, -0.1) is 0 Å². The summed E-state index contributed by atoms with van der Waals surface area (Å²) in [5.41, 5.74) is 4.10. The predicted octanol–water partition coefficient (Wildman–Crippen LogP) is 5.25. The van der Waals surface area contributed by atoms with Gasteiger partial charge in [0.15, 0.2) is 11.3 Å². The summed E-state index contributed by atoms with van der Waals surface area (Å²) >= 11 is 12.5. The van der Waals surface area contributed by atoms with Crippen LogP contribution in [0.4, 0.5) is 0 Å². The zero-order chi connectivity index (χ0) is 24.7. The van der Waals surface area contributed by atoms with E-state index in [-0.39, 0.29) is 24.4 Å². The van der Waals surface area contributed by atoms with E-state index in [0.29, 0.717) is 33.2 Å². The van der Waals surface area contributed by atoms with Gasteiger partial charge in [0.2, 0.25) is 0 Å². The Balaban J connectivity index is 1.49. The largest absolute Gasteiger partial charge is 0.395 e. The quantitative estimate of drug-likeness (QED) is 0.503. The van der Waals surface area contributed by atoms with Crippen LogP contribution in [0.2, 0.25) is 10.0 Å². The Morgan fingerprint density at radius 1 is 1.31 bits per heavy atom. The molecule has 9 heteroatoms. The average Bonchev–Trinajstić information content (AvgIpc) is 3.47. The monoisotopic (exact) mass is 510 g/mol. The van der Waals surface area contributed by atoms with Crippen molar-refractivity contribution in [2.24, 2.45) is 5.92 Å². The molecule has 0 amide bonds. The van der Waals surface area contributed by atoms with E-state index in [1.165, 1.54) is 0 Å². The zero-order valence-electron chi connectivity index (χ0n) is 19.8. The number of rotatable bonds is 5. The van der Waals surface area contributed by atoms with Gasteiger partial charge in [-0.25, -0.2) is 14.6 Å². The van der Waals surface area contributed by atoms with Gasteiger partial charge in [0, 0.05) is 22.1 Å². The van der Waals surface area contributed by atoms with E-state index < -0.39 is 0 Å². The van der Waals surface area contributed by atoms with E-state index in [1.54, 1.807) is 23.0 Å². The number of nitrogens with zero attached hydrogens (tertiary/aromatic N) is 6. The molecule has 2 aliphatic rings. The molecule has 0 saturated carbocycles. The highest BCUT2D eigenvalue weighted by Crippen LogP contribution is 2.36. The van der Waals surface area contributed by atoms with Gasteiger partial charge in [-0.2, -0.15) is 10.4 Å². The first kappa shape index (κ1) is 24.2. The summed E-state index contributed by atoms with van der Waals surface area (Å²) in [4.78, 5) is 12.0. The van der Waals surface area contributed by atoms with Crippen molar-refractivity contribution in [3.63, 3.8) is 0 Å². The topological polar surface area (TPSA) is 90.9 Å². The maximum Gasteiger partial charge on any atom is 0.190 e. The van der Waals surface area contributed by atoms with Crippen molar-refractivity contribution in [2.75, 3.05) is 13.2 Å². The summed E-state index contributed by atoms with van der Waals surface area (Å²) in [6.07, 6.45) is 8.04. The van der Waals surface area contributed by atoms with Crippen LogP contribution in [-0.2, 0) is 0 Å². The highest BCUT2D eigenvalue weighted by Gasteiger charge is 2.35. The summed E-state index contributed by atoms with van der Waals surface area (Å²) in [7, 11) is 0. The van der Waals surface area contributed by atoms with Gasteiger partial charge in [-0.3, -0.25) is 4.90 Å². The van der Waals surface area contributed by atoms with Crippen molar-refractivity contribution >= 4 is 39.9 Å². The van der Waals surface area contributed by atoms with Gasteiger partial charge in [0.25, 0.3) is 0 Å². The molecular weight excluding hydrogens is 483 g/mol. The second-order valence-corrected chi connectivity index (χ2v) is 10.4. The molecule has 35 heavy (non-hydrogen) atoms. The fourth-order valence-corrected chi connectivity index (χ4v) is 6.17. The molecule has 1 fully saturated rings. The highest BCUT2D eigenvalue weighted by atomic mass is 35.5. The second-order valence-electron chi connectivity index (χ2n) is 9.60. The summed E-state index contributed by atoms with van der Waals surface area (Å²) in [5, 5.41) is 25.0. The summed E-state index contributed by atoms with van der Waals surface area (Å²) in [6, 6.07) is 7.95. The first-order valence-corrected chi connectivity index (χ1v) is 12.8. The average molecular weight is 511 g/mol. The van der Waals surface area contributed by atoms with Crippen LogP contribution >= 0.6 is 23.2 Å². The van der Waals surface area contributed by atoms with Crippen molar-refractivity contribution in [1.29, 1.82) is 5.26 Å². The van der Waals surface area contributed by atoms with Gasteiger partial charge in [0.1, 0.15) is 11.6 Å². The Labute approximate surface area is 215 Å². The lowest BCUT2D eigenvalue weighted by Gasteiger charge is -2.38. The molecule has 182 valence electrons. The minimum atomic E-state index is -0.261. The molecule has 5 rings (SSSR count). The minimum Gasteiger partial charge on any atom is -0.395 e. The predicted molar refractivity (Wildman–Crippen MR) is 137 cm³/mol. The van der Waals surface area contributed by atoms with Gasteiger partial charge in [-0.05, 0) is 68.3 Å². The molecule has 0 bridgehead atoms. The molecule has 3 heterocycles. The Bertz CT molecular complexity index is 1330. The number of aliphatic hydroxyl groups is 1. The number of aromatic nitrogens is 4. The number of hydrogen-bond donors (Lipinski definition) is 1. The van der Waals surface area contributed by atoms with Crippen LogP contribution in [0.1, 0.15) is 62.5 Å². The van der Waals surface area contributed by atoms with Crippen LogP contribution in [-0.4, -0.2) is 55.0 Å². The van der Waals surface area contributed by atoms with Gasteiger partial charge >= 0.3 is 0 Å². The van der Waals surface area contributed by atoms with Crippen molar-refractivity contribution in [3.8, 4) is 6.07 Å². The summed E-state index contributed by atoms with van der Waals surface area (Å²) in [6.45, 7) is 5.52. The number of benzene rings is 1. The third-order valence-corrected chi connectivity index (χ3v) is 8.04. The molecule has 1 unspecified atom stereocenters. The molecule has 2 aromatic heterocycles. The van der Waals surface area contributed by atoms with Crippen LogP contribution in [0.5, 0.6) is 0 Å². The molecule has 7 nitrogen and oxygen atoms in total. The van der Waals surface area contributed by atoms with Crippen molar-refractivity contribution < 1.29 is 5.11 Å². The maximum atomic E-state index is 9.77. The lowest BCUT2D eigenvalue weighted by atomic mass is 9.83. The van der Waals surface area contributed by atoms with Crippen LogP contribution < -0.4 is 0 Å².